The third-order valence-electron chi connectivity index (χ3n) is 6.31. The third kappa shape index (κ3) is 8.08. The second kappa shape index (κ2) is 13.3. The summed E-state index contributed by atoms with van der Waals surface area (Å²) in [5, 5.41) is 24.5. The van der Waals surface area contributed by atoms with Gasteiger partial charge in [-0.25, -0.2) is 13.6 Å². The van der Waals surface area contributed by atoms with Crippen LogP contribution in [0.5, 0.6) is 5.75 Å². The van der Waals surface area contributed by atoms with E-state index in [1.165, 1.54) is 11.6 Å². The van der Waals surface area contributed by atoms with Crippen LogP contribution in [0.3, 0.4) is 0 Å². The molecule has 6 nitrogen and oxygen atoms in total. The van der Waals surface area contributed by atoms with Crippen LogP contribution in [-0.2, 0) is 17.3 Å². The summed E-state index contributed by atoms with van der Waals surface area (Å²) in [5.41, 5.74) is 2.41. The minimum atomic E-state index is -2.86. The van der Waals surface area contributed by atoms with Gasteiger partial charge in [-0.3, -0.25) is 0 Å². The molecule has 0 aliphatic carbocycles. The minimum Gasteiger partial charge on any atom is -0.496 e. The molecule has 198 valence electrons. The topological polar surface area (TPSA) is 90.8 Å². The van der Waals surface area contributed by atoms with Crippen molar-refractivity contribution >= 4 is 5.97 Å². The molecule has 0 radical (unpaired) electrons. The molecular weight excluding hydrogens is 478 g/mol. The van der Waals surface area contributed by atoms with Gasteiger partial charge in [0.25, 0.3) is 5.92 Å². The molecular formula is C29H34F2N2O4. The van der Waals surface area contributed by atoms with Gasteiger partial charge in [-0.05, 0) is 48.7 Å². The molecule has 0 aromatic heterocycles. The largest absolute Gasteiger partial charge is 0.496 e. The summed E-state index contributed by atoms with van der Waals surface area (Å²) in [7, 11) is 1.57. The molecule has 1 fully saturated rings. The van der Waals surface area contributed by atoms with E-state index in [0.29, 0.717) is 17.9 Å². The fourth-order valence-electron chi connectivity index (χ4n) is 4.33. The highest BCUT2D eigenvalue weighted by Gasteiger charge is 2.27. The molecule has 0 saturated carbocycles. The molecule has 1 heterocycles. The third-order valence-corrected chi connectivity index (χ3v) is 6.31. The first-order valence-corrected chi connectivity index (χ1v) is 12.2. The van der Waals surface area contributed by atoms with Gasteiger partial charge in [-0.2, -0.15) is 0 Å². The number of rotatable bonds is 8. The van der Waals surface area contributed by atoms with Gasteiger partial charge >= 0.3 is 5.97 Å². The number of alkyl halides is 2. The van der Waals surface area contributed by atoms with Crippen molar-refractivity contribution in [2.45, 2.75) is 50.4 Å². The van der Waals surface area contributed by atoms with E-state index in [4.69, 9.17) is 14.9 Å². The fraction of sp³-hybridized carbons (Fsp3) is 0.345. The number of nitrogens with one attached hydrogen (secondary N) is 2. The number of carboxylic acids is 1. The number of carbonyl (C=O) groups is 1. The highest BCUT2D eigenvalue weighted by atomic mass is 19.3. The van der Waals surface area contributed by atoms with Crippen LogP contribution < -0.4 is 15.4 Å². The Morgan fingerprint density at radius 2 is 1.76 bits per heavy atom. The zero-order chi connectivity index (χ0) is 26.8. The van der Waals surface area contributed by atoms with Crippen LogP contribution in [0, 0.1) is 0 Å². The lowest BCUT2D eigenvalue weighted by molar-refractivity contribution is -0.146. The Balaban J connectivity index is 0.000000289. The molecule has 0 bridgehead atoms. The molecule has 4 N–H and O–H groups in total. The number of piperidine rings is 1. The molecule has 3 atom stereocenters. The Kier molecular flexibility index (Phi) is 10.1. The average Bonchev–Trinajstić information content (AvgIpc) is 2.92. The van der Waals surface area contributed by atoms with Crippen LogP contribution in [0.25, 0.3) is 0 Å². The summed E-state index contributed by atoms with van der Waals surface area (Å²) in [4.78, 5) is 10.2. The maximum atomic E-state index is 13.7. The van der Waals surface area contributed by atoms with E-state index in [-0.39, 0.29) is 17.6 Å². The maximum Gasteiger partial charge on any atom is 0.337 e. The first kappa shape index (κ1) is 28.2. The Hall–Kier alpha value is -3.33. The van der Waals surface area contributed by atoms with Gasteiger partial charge in [0.05, 0.1) is 7.11 Å². The summed E-state index contributed by atoms with van der Waals surface area (Å²) < 4.78 is 32.7. The Morgan fingerprint density at radius 3 is 2.35 bits per heavy atom. The number of methoxy groups -OCH3 is 1. The second-order valence-corrected chi connectivity index (χ2v) is 9.04. The summed E-state index contributed by atoms with van der Waals surface area (Å²) in [6, 6.07) is 23.6. The van der Waals surface area contributed by atoms with Crippen LogP contribution in [0.1, 0.15) is 54.2 Å². The smallest absolute Gasteiger partial charge is 0.337 e. The molecule has 1 unspecified atom stereocenters. The van der Waals surface area contributed by atoms with Gasteiger partial charge < -0.3 is 25.6 Å². The Labute approximate surface area is 216 Å². The number of aliphatic carboxylic acids is 1. The summed E-state index contributed by atoms with van der Waals surface area (Å²) in [6.45, 7) is 2.39. The van der Waals surface area contributed by atoms with Gasteiger partial charge in [0.1, 0.15) is 5.75 Å². The highest BCUT2D eigenvalue weighted by Crippen LogP contribution is 2.31. The van der Waals surface area contributed by atoms with Crippen LogP contribution in [0.2, 0.25) is 0 Å². The minimum absolute atomic E-state index is 0.0106. The van der Waals surface area contributed by atoms with Crippen molar-refractivity contribution in [1.29, 1.82) is 0 Å². The monoisotopic (exact) mass is 512 g/mol. The van der Waals surface area contributed by atoms with E-state index in [9.17, 15) is 13.6 Å². The van der Waals surface area contributed by atoms with Gasteiger partial charge in [0, 0.05) is 36.7 Å². The summed E-state index contributed by atoms with van der Waals surface area (Å²) >= 11 is 0. The SMILES string of the molecule is COc1ccc(C(C)(F)F)cc1CN[C@H]1CCCN[C@H]1c1ccccc1.O=C(O)C(O)c1ccccc1. The fourth-order valence-corrected chi connectivity index (χ4v) is 4.33. The van der Waals surface area contributed by atoms with Crippen molar-refractivity contribution in [3.05, 3.63) is 101 Å². The molecule has 4 rings (SSSR count). The van der Waals surface area contributed by atoms with Gasteiger partial charge in [-0.15, -0.1) is 0 Å². The number of aliphatic hydroxyl groups is 1. The number of hydrogen-bond donors (Lipinski definition) is 4. The molecule has 3 aromatic rings. The van der Waals surface area contributed by atoms with Crippen molar-refractivity contribution in [2.75, 3.05) is 13.7 Å². The number of benzene rings is 3. The van der Waals surface area contributed by atoms with E-state index >= 15 is 0 Å². The van der Waals surface area contributed by atoms with Gasteiger partial charge in [0.15, 0.2) is 6.10 Å². The van der Waals surface area contributed by atoms with Gasteiger partial charge in [-0.1, -0.05) is 60.7 Å². The predicted molar refractivity (Wildman–Crippen MR) is 139 cm³/mol. The lowest BCUT2D eigenvalue weighted by Gasteiger charge is -2.34. The van der Waals surface area contributed by atoms with E-state index in [1.54, 1.807) is 49.6 Å². The normalized spacial score (nSPS) is 18.3. The molecule has 1 aliphatic rings. The van der Waals surface area contributed by atoms with Crippen molar-refractivity contribution in [3.8, 4) is 5.75 Å². The number of halogens is 2. The van der Waals surface area contributed by atoms with Crippen molar-refractivity contribution in [1.82, 2.24) is 10.6 Å². The number of ether oxygens (including phenoxy) is 1. The molecule has 37 heavy (non-hydrogen) atoms. The van der Waals surface area contributed by atoms with E-state index in [0.717, 1.165) is 31.9 Å². The maximum absolute atomic E-state index is 13.7. The molecule has 0 amide bonds. The molecule has 1 aliphatic heterocycles. The van der Waals surface area contributed by atoms with Crippen molar-refractivity contribution in [3.63, 3.8) is 0 Å². The molecule has 3 aromatic carbocycles. The highest BCUT2D eigenvalue weighted by molar-refractivity contribution is 5.73. The van der Waals surface area contributed by atoms with Crippen molar-refractivity contribution < 1.29 is 28.5 Å². The van der Waals surface area contributed by atoms with E-state index in [1.807, 2.05) is 18.2 Å². The van der Waals surface area contributed by atoms with Crippen LogP contribution >= 0.6 is 0 Å². The standard InChI is InChI=1S/C21H26F2N2O.C8H8O3/c1-21(22,23)17-10-11-19(26-2)16(13-17)14-25-18-9-6-12-24-20(18)15-7-4-3-5-8-15;9-7(8(10)11)6-4-2-1-3-5-6/h3-5,7-8,10-11,13,18,20,24-25H,6,9,12,14H2,1-2H3;1-5,7,9H,(H,10,11)/t18-,20-;/m0./s1. The lowest BCUT2D eigenvalue weighted by Crippen LogP contribution is -2.45. The zero-order valence-corrected chi connectivity index (χ0v) is 21.0. The number of carboxylic acid groups (broad SMARTS) is 1. The van der Waals surface area contributed by atoms with Crippen LogP contribution in [0.4, 0.5) is 8.78 Å². The summed E-state index contributed by atoms with van der Waals surface area (Å²) in [5.74, 6) is -3.46. The molecule has 0 spiro atoms. The zero-order valence-electron chi connectivity index (χ0n) is 21.0. The second-order valence-electron chi connectivity index (χ2n) is 9.04. The predicted octanol–water partition coefficient (Wildman–Crippen LogP) is 5.19. The molecule has 8 heteroatoms. The van der Waals surface area contributed by atoms with Crippen molar-refractivity contribution in [2.24, 2.45) is 0 Å². The van der Waals surface area contributed by atoms with E-state index < -0.39 is 18.0 Å². The van der Waals surface area contributed by atoms with E-state index in [2.05, 4.69) is 22.8 Å². The molecule has 1 saturated heterocycles. The first-order valence-electron chi connectivity index (χ1n) is 12.2. The number of aliphatic hydroxyl groups excluding tert-OH is 1. The number of hydrogen-bond acceptors (Lipinski definition) is 5. The van der Waals surface area contributed by atoms with Crippen LogP contribution in [-0.4, -0.2) is 35.9 Å². The average molecular weight is 513 g/mol. The summed E-state index contributed by atoms with van der Waals surface area (Å²) in [6.07, 6.45) is 0.722. The Bertz CT molecular complexity index is 1120. The Morgan fingerprint density at radius 1 is 1.11 bits per heavy atom. The lowest BCUT2D eigenvalue weighted by atomic mass is 9.92. The van der Waals surface area contributed by atoms with Crippen LogP contribution in [0.15, 0.2) is 78.9 Å². The first-order chi connectivity index (χ1) is 17.7. The quantitative estimate of drug-likeness (QED) is 0.332. The van der Waals surface area contributed by atoms with Gasteiger partial charge in [0.2, 0.25) is 0 Å².